The molecular weight excluding hydrogens is 326 g/mol. The fraction of sp³-hybridized carbons (Fsp3) is 0.333. The van der Waals surface area contributed by atoms with Crippen LogP contribution < -0.4 is 5.32 Å². The molecular formula is C12H14BrN5O2. The van der Waals surface area contributed by atoms with Gasteiger partial charge in [0.2, 0.25) is 0 Å². The van der Waals surface area contributed by atoms with Crippen molar-refractivity contribution in [3.8, 4) is 0 Å². The highest BCUT2D eigenvalue weighted by molar-refractivity contribution is 9.10. The minimum absolute atomic E-state index is 0.0621. The molecule has 7 nitrogen and oxygen atoms in total. The molecule has 0 aliphatic heterocycles. The van der Waals surface area contributed by atoms with E-state index in [1.54, 1.807) is 10.7 Å². The second-order valence-electron chi connectivity index (χ2n) is 4.15. The highest BCUT2D eigenvalue weighted by atomic mass is 79.9. The van der Waals surface area contributed by atoms with E-state index in [0.717, 1.165) is 17.9 Å². The van der Waals surface area contributed by atoms with Crippen molar-refractivity contribution in [2.24, 2.45) is 0 Å². The number of nitro groups is 1. The molecule has 1 aromatic carbocycles. The maximum absolute atomic E-state index is 10.7. The van der Waals surface area contributed by atoms with Crippen molar-refractivity contribution in [3.05, 3.63) is 50.5 Å². The number of aromatic nitrogens is 3. The summed E-state index contributed by atoms with van der Waals surface area (Å²) in [6, 6.07) is 4.71. The number of nitrogens with zero attached hydrogens (tertiary/aromatic N) is 4. The lowest BCUT2D eigenvalue weighted by Gasteiger charge is -2.08. The minimum Gasteiger partial charge on any atom is -0.310 e. The molecule has 1 heterocycles. The highest BCUT2D eigenvalue weighted by Gasteiger charge is 2.11. The van der Waals surface area contributed by atoms with Gasteiger partial charge in [0.1, 0.15) is 12.2 Å². The van der Waals surface area contributed by atoms with Crippen molar-refractivity contribution < 1.29 is 4.92 Å². The molecule has 1 N–H and O–H groups in total. The number of halogens is 1. The van der Waals surface area contributed by atoms with Crippen molar-refractivity contribution in [2.75, 3.05) is 6.54 Å². The summed E-state index contributed by atoms with van der Waals surface area (Å²) in [5.74, 6) is 0.831. The number of nitro benzene ring substituents is 1. The van der Waals surface area contributed by atoms with Gasteiger partial charge in [0, 0.05) is 16.6 Å². The maximum atomic E-state index is 10.7. The van der Waals surface area contributed by atoms with E-state index in [0.29, 0.717) is 17.6 Å². The molecule has 1 aromatic heterocycles. The smallest absolute Gasteiger partial charge is 0.270 e. The monoisotopic (exact) mass is 339 g/mol. The molecule has 0 unspecified atom stereocenters. The summed E-state index contributed by atoms with van der Waals surface area (Å²) in [7, 11) is 0. The summed E-state index contributed by atoms with van der Waals surface area (Å²) in [6.45, 7) is 4.03. The largest absolute Gasteiger partial charge is 0.310 e. The van der Waals surface area contributed by atoms with Gasteiger partial charge < -0.3 is 5.32 Å². The Morgan fingerprint density at radius 1 is 1.50 bits per heavy atom. The highest BCUT2D eigenvalue weighted by Crippen LogP contribution is 2.23. The van der Waals surface area contributed by atoms with E-state index in [1.165, 1.54) is 18.5 Å². The molecule has 0 spiro atoms. The zero-order valence-electron chi connectivity index (χ0n) is 10.9. The average Bonchev–Trinajstić information content (AvgIpc) is 2.85. The first-order chi connectivity index (χ1) is 9.61. The average molecular weight is 340 g/mol. The van der Waals surface area contributed by atoms with Gasteiger partial charge in [0.15, 0.2) is 0 Å². The molecule has 0 saturated carbocycles. The predicted octanol–water partition coefficient (Wildman–Crippen LogP) is 2.11. The van der Waals surface area contributed by atoms with Crippen LogP contribution in [0.4, 0.5) is 5.69 Å². The zero-order valence-corrected chi connectivity index (χ0v) is 12.5. The molecule has 0 radical (unpaired) electrons. The Morgan fingerprint density at radius 3 is 2.95 bits per heavy atom. The molecule has 2 aromatic rings. The summed E-state index contributed by atoms with van der Waals surface area (Å²) in [4.78, 5) is 14.5. The zero-order chi connectivity index (χ0) is 14.5. The lowest BCUT2D eigenvalue weighted by atomic mass is 10.2. The van der Waals surface area contributed by atoms with Crippen LogP contribution in [0.15, 0.2) is 29.0 Å². The molecule has 0 saturated heterocycles. The summed E-state index contributed by atoms with van der Waals surface area (Å²) in [6.07, 6.45) is 1.51. The molecule has 106 valence electrons. The third-order valence-electron chi connectivity index (χ3n) is 2.80. The summed E-state index contributed by atoms with van der Waals surface area (Å²) in [5, 5.41) is 18.1. The number of nitrogens with one attached hydrogen (secondary N) is 1. The Bertz CT molecular complexity index is 614. The molecule has 20 heavy (non-hydrogen) atoms. The number of rotatable bonds is 6. The Hall–Kier alpha value is -1.80. The van der Waals surface area contributed by atoms with Crippen LogP contribution in [0.5, 0.6) is 0 Å². The first-order valence-electron chi connectivity index (χ1n) is 6.12. The standard InChI is InChI=1S/C12H14BrN5O2/c1-2-14-6-12-15-8-16-17(12)7-9-3-4-10(18(19)20)5-11(9)13/h3-5,8,14H,2,6-7H2,1H3. The Balaban J connectivity index is 2.18. The van der Waals surface area contributed by atoms with E-state index >= 15 is 0 Å². The van der Waals surface area contributed by atoms with E-state index in [9.17, 15) is 10.1 Å². The molecule has 0 atom stereocenters. The van der Waals surface area contributed by atoms with Crippen LogP contribution in [-0.2, 0) is 13.1 Å². The normalized spacial score (nSPS) is 10.7. The van der Waals surface area contributed by atoms with Gasteiger partial charge in [-0.25, -0.2) is 9.67 Å². The van der Waals surface area contributed by atoms with Crippen molar-refractivity contribution in [1.82, 2.24) is 20.1 Å². The van der Waals surface area contributed by atoms with Crippen molar-refractivity contribution in [2.45, 2.75) is 20.0 Å². The third kappa shape index (κ3) is 3.40. The van der Waals surface area contributed by atoms with E-state index in [2.05, 4.69) is 31.3 Å². The van der Waals surface area contributed by atoms with E-state index in [1.807, 2.05) is 6.92 Å². The summed E-state index contributed by atoms with van der Waals surface area (Å²) in [5.41, 5.74) is 0.978. The summed E-state index contributed by atoms with van der Waals surface area (Å²) < 4.78 is 2.46. The van der Waals surface area contributed by atoms with Gasteiger partial charge >= 0.3 is 0 Å². The Morgan fingerprint density at radius 2 is 2.30 bits per heavy atom. The van der Waals surface area contributed by atoms with Crippen molar-refractivity contribution >= 4 is 21.6 Å². The first-order valence-corrected chi connectivity index (χ1v) is 6.91. The van der Waals surface area contributed by atoms with Gasteiger partial charge in [-0.15, -0.1) is 0 Å². The second kappa shape index (κ2) is 6.58. The minimum atomic E-state index is -0.416. The van der Waals surface area contributed by atoms with Crippen molar-refractivity contribution in [3.63, 3.8) is 0 Å². The van der Waals surface area contributed by atoms with Crippen LogP contribution in [0.3, 0.4) is 0 Å². The SMILES string of the molecule is CCNCc1ncnn1Cc1ccc([N+](=O)[O-])cc1Br. The van der Waals surface area contributed by atoms with Crippen LogP contribution in [0.25, 0.3) is 0 Å². The number of hydrogen-bond acceptors (Lipinski definition) is 5. The number of non-ortho nitro benzene ring substituents is 1. The number of hydrogen-bond donors (Lipinski definition) is 1. The fourth-order valence-corrected chi connectivity index (χ4v) is 2.23. The molecule has 0 fully saturated rings. The lowest BCUT2D eigenvalue weighted by molar-refractivity contribution is -0.384. The van der Waals surface area contributed by atoms with Crippen molar-refractivity contribution in [1.29, 1.82) is 0 Å². The fourth-order valence-electron chi connectivity index (χ4n) is 1.73. The molecule has 0 aliphatic rings. The Kier molecular flexibility index (Phi) is 4.80. The van der Waals surface area contributed by atoms with Crippen LogP contribution >= 0.6 is 15.9 Å². The van der Waals surface area contributed by atoms with Crippen LogP contribution in [-0.4, -0.2) is 26.2 Å². The van der Waals surface area contributed by atoms with Gasteiger partial charge in [-0.1, -0.05) is 22.9 Å². The molecule has 0 bridgehead atoms. The van der Waals surface area contributed by atoms with Gasteiger partial charge in [0.25, 0.3) is 5.69 Å². The quantitative estimate of drug-likeness (QED) is 0.643. The third-order valence-corrected chi connectivity index (χ3v) is 3.53. The summed E-state index contributed by atoms with van der Waals surface area (Å²) >= 11 is 3.36. The Labute approximate surface area is 124 Å². The van der Waals surface area contributed by atoms with Crippen LogP contribution in [0, 0.1) is 10.1 Å². The second-order valence-corrected chi connectivity index (χ2v) is 5.00. The maximum Gasteiger partial charge on any atom is 0.270 e. The first kappa shape index (κ1) is 14.6. The van der Waals surface area contributed by atoms with Gasteiger partial charge in [-0.3, -0.25) is 10.1 Å². The molecule has 8 heteroatoms. The number of benzene rings is 1. The molecule has 2 rings (SSSR count). The molecule has 0 amide bonds. The van der Waals surface area contributed by atoms with Gasteiger partial charge in [-0.05, 0) is 18.2 Å². The van der Waals surface area contributed by atoms with Crippen LogP contribution in [0.1, 0.15) is 18.3 Å². The van der Waals surface area contributed by atoms with Crippen LogP contribution in [0.2, 0.25) is 0 Å². The van der Waals surface area contributed by atoms with Gasteiger partial charge in [-0.2, -0.15) is 5.10 Å². The van der Waals surface area contributed by atoms with E-state index in [-0.39, 0.29) is 5.69 Å². The van der Waals surface area contributed by atoms with E-state index < -0.39 is 4.92 Å². The van der Waals surface area contributed by atoms with Gasteiger partial charge in [0.05, 0.1) is 18.0 Å². The predicted molar refractivity (Wildman–Crippen MR) is 77.3 cm³/mol. The molecule has 0 aliphatic carbocycles. The van der Waals surface area contributed by atoms with E-state index in [4.69, 9.17) is 0 Å². The lowest BCUT2D eigenvalue weighted by Crippen LogP contribution is -2.17. The topological polar surface area (TPSA) is 85.9 Å².